The molecule has 40 heavy (non-hydrogen) atoms. The Kier molecular flexibility index (Phi) is 8.78. The number of ether oxygens (including phenoxy) is 2. The minimum absolute atomic E-state index is 0.0657. The van der Waals surface area contributed by atoms with Gasteiger partial charge in [0.1, 0.15) is 12.3 Å². The molecule has 1 atom stereocenters. The van der Waals surface area contributed by atoms with E-state index in [1.165, 1.54) is 17.0 Å². The predicted octanol–water partition coefficient (Wildman–Crippen LogP) is 4.91. The Bertz CT molecular complexity index is 1370. The molecule has 12 heteroatoms. The molecule has 3 amide bonds. The van der Waals surface area contributed by atoms with Gasteiger partial charge in [-0.15, -0.1) is 0 Å². The fraction of sp³-hybridized carbons (Fsp3) is 0.321. The molecule has 0 fully saturated rings. The number of anilines is 1. The topological polar surface area (TPSA) is 88.4 Å². The molecule has 9 nitrogen and oxygen atoms in total. The molecule has 0 aliphatic carbocycles. The Morgan fingerprint density at radius 3 is 2.42 bits per heavy atom. The first kappa shape index (κ1) is 28.7. The summed E-state index contributed by atoms with van der Waals surface area (Å²) in [5.74, 6) is 0.156. The summed E-state index contributed by atoms with van der Waals surface area (Å²) < 4.78 is 51.3. The van der Waals surface area contributed by atoms with Crippen LogP contribution in [0, 0.1) is 0 Å². The second kappa shape index (κ2) is 12.2. The lowest BCUT2D eigenvalue weighted by Crippen LogP contribution is -2.44. The molecule has 0 unspecified atom stereocenters. The molecular formula is C28H30F3N5O4. The van der Waals surface area contributed by atoms with Crippen LogP contribution in [0.1, 0.15) is 29.3 Å². The predicted molar refractivity (Wildman–Crippen MR) is 143 cm³/mol. The number of halogens is 3. The Balaban J connectivity index is 1.58. The number of aromatic nitrogens is 1. The molecule has 2 heterocycles. The number of nitrogens with one attached hydrogen (secondary N) is 1. The molecule has 0 saturated heterocycles. The number of hydrogen-bond acceptors (Lipinski definition) is 5. The van der Waals surface area contributed by atoms with E-state index in [2.05, 4.69) is 10.4 Å². The van der Waals surface area contributed by atoms with Crippen LogP contribution in [0.2, 0.25) is 0 Å². The van der Waals surface area contributed by atoms with Crippen LogP contribution in [0.4, 0.5) is 23.7 Å². The molecule has 1 N–H and O–H groups in total. The lowest BCUT2D eigenvalue weighted by atomic mass is 9.99. The number of alkyl halides is 3. The van der Waals surface area contributed by atoms with E-state index in [1.807, 2.05) is 48.1 Å². The summed E-state index contributed by atoms with van der Waals surface area (Å²) in [7, 11) is 4.90. The molecule has 2 aromatic carbocycles. The lowest BCUT2D eigenvalue weighted by molar-refractivity contribution is -0.137. The van der Waals surface area contributed by atoms with Gasteiger partial charge in [-0.1, -0.05) is 18.2 Å². The smallest absolute Gasteiger partial charge is 0.416 e. The highest BCUT2D eigenvalue weighted by molar-refractivity contribution is 6.02. The molecule has 0 spiro atoms. The zero-order chi connectivity index (χ0) is 28.9. The minimum Gasteiger partial charge on any atom is -0.496 e. The van der Waals surface area contributed by atoms with Crippen molar-refractivity contribution in [1.29, 1.82) is 0 Å². The van der Waals surface area contributed by atoms with Crippen molar-refractivity contribution in [1.82, 2.24) is 14.5 Å². The highest BCUT2D eigenvalue weighted by Gasteiger charge is 2.36. The van der Waals surface area contributed by atoms with Gasteiger partial charge in [-0.05, 0) is 42.5 Å². The summed E-state index contributed by atoms with van der Waals surface area (Å²) >= 11 is 0. The van der Waals surface area contributed by atoms with Crippen LogP contribution in [0.25, 0.3) is 0 Å². The third-order valence-corrected chi connectivity index (χ3v) is 6.55. The molecule has 0 radical (unpaired) electrons. The SMILES string of the molecule is COCCN(CC(=O)N1N=C(c2cccn2C)C[C@H]1c1ccccc1OC)C(=O)Nc1ccc(C(F)(F)F)cc1. The monoisotopic (exact) mass is 557 g/mol. The highest BCUT2D eigenvalue weighted by atomic mass is 19.4. The first-order valence-electron chi connectivity index (χ1n) is 12.5. The van der Waals surface area contributed by atoms with E-state index < -0.39 is 29.7 Å². The summed E-state index contributed by atoms with van der Waals surface area (Å²) in [5.41, 5.74) is 1.65. The van der Waals surface area contributed by atoms with Gasteiger partial charge in [0.05, 0.1) is 36.7 Å². The second-order valence-corrected chi connectivity index (χ2v) is 9.17. The number of nitrogens with zero attached hydrogens (tertiary/aromatic N) is 4. The van der Waals surface area contributed by atoms with Gasteiger partial charge in [-0.3, -0.25) is 4.79 Å². The van der Waals surface area contributed by atoms with Crippen LogP contribution in [0.3, 0.4) is 0 Å². The summed E-state index contributed by atoms with van der Waals surface area (Å²) in [6, 6.07) is 14.1. The van der Waals surface area contributed by atoms with E-state index >= 15 is 0 Å². The van der Waals surface area contributed by atoms with E-state index in [-0.39, 0.29) is 25.4 Å². The van der Waals surface area contributed by atoms with Crippen molar-refractivity contribution in [3.8, 4) is 5.75 Å². The van der Waals surface area contributed by atoms with E-state index in [4.69, 9.17) is 9.47 Å². The Hall–Kier alpha value is -4.32. The van der Waals surface area contributed by atoms with E-state index in [0.29, 0.717) is 17.9 Å². The average Bonchev–Trinajstić information content (AvgIpc) is 3.57. The van der Waals surface area contributed by atoms with Crippen LogP contribution in [-0.4, -0.2) is 66.0 Å². The normalized spacial score (nSPS) is 15.1. The number of amides is 3. The van der Waals surface area contributed by atoms with E-state index in [9.17, 15) is 22.8 Å². The lowest BCUT2D eigenvalue weighted by Gasteiger charge is -2.27. The summed E-state index contributed by atoms with van der Waals surface area (Å²) in [4.78, 5) is 28.0. The van der Waals surface area contributed by atoms with Gasteiger partial charge in [0.15, 0.2) is 0 Å². The van der Waals surface area contributed by atoms with Crippen LogP contribution < -0.4 is 10.1 Å². The van der Waals surface area contributed by atoms with Crippen LogP contribution in [-0.2, 0) is 22.8 Å². The minimum atomic E-state index is -4.49. The maximum atomic E-state index is 13.7. The first-order valence-corrected chi connectivity index (χ1v) is 12.5. The van der Waals surface area contributed by atoms with Crippen molar-refractivity contribution >= 4 is 23.3 Å². The molecule has 3 aromatic rings. The standard InChI is InChI=1S/C28H30F3N5O4/c1-34-14-6-8-23(34)22-17-24(21-7-4-5-9-25(21)40-3)36(33-22)26(37)18-35(15-16-39-2)27(38)32-20-12-10-19(11-13-20)28(29,30)31/h4-14,24H,15-18H2,1-3H3,(H,32,38)/t24-/m0/s1. The van der Waals surface area contributed by atoms with Gasteiger partial charge < -0.3 is 24.3 Å². The van der Waals surface area contributed by atoms with Gasteiger partial charge in [-0.2, -0.15) is 18.3 Å². The zero-order valence-electron chi connectivity index (χ0n) is 22.3. The molecule has 1 aliphatic heterocycles. The maximum Gasteiger partial charge on any atom is 0.416 e. The van der Waals surface area contributed by atoms with Gasteiger partial charge in [-0.25, -0.2) is 9.80 Å². The van der Waals surface area contributed by atoms with Crippen molar-refractivity contribution < 1.29 is 32.2 Å². The molecule has 0 bridgehead atoms. The zero-order valence-corrected chi connectivity index (χ0v) is 22.3. The number of carbonyl (C=O) groups is 2. The Labute approximate surface area is 229 Å². The van der Waals surface area contributed by atoms with Crippen molar-refractivity contribution in [2.45, 2.75) is 18.6 Å². The van der Waals surface area contributed by atoms with Crippen LogP contribution in [0.15, 0.2) is 72.0 Å². The summed E-state index contributed by atoms with van der Waals surface area (Å²) in [5, 5.41) is 8.59. The fourth-order valence-corrected chi connectivity index (χ4v) is 4.47. The highest BCUT2D eigenvalue weighted by Crippen LogP contribution is 2.37. The Morgan fingerprint density at radius 1 is 1.07 bits per heavy atom. The molecule has 212 valence electrons. The molecule has 1 aromatic heterocycles. The third-order valence-electron chi connectivity index (χ3n) is 6.55. The largest absolute Gasteiger partial charge is 0.496 e. The number of aryl methyl sites for hydroxylation is 1. The third kappa shape index (κ3) is 6.45. The molecular weight excluding hydrogens is 527 g/mol. The quantitative estimate of drug-likeness (QED) is 0.405. The fourth-order valence-electron chi connectivity index (χ4n) is 4.47. The summed E-state index contributed by atoms with van der Waals surface area (Å²) in [6.07, 6.45) is -2.18. The van der Waals surface area contributed by atoms with Gasteiger partial charge in [0.2, 0.25) is 0 Å². The van der Waals surface area contributed by atoms with Crippen LogP contribution in [0.5, 0.6) is 5.75 Å². The Morgan fingerprint density at radius 2 is 1.80 bits per heavy atom. The van der Waals surface area contributed by atoms with Crippen molar-refractivity contribution in [2.75, 3.05) is 39.2 Å². The molecule has 4 rings (SSSR count). The van der Waals surface area contributed by atoms with Crippen molar-refractivity contribution in [3.05, 3.63) is 83.7 Å². The number of hydrogen-bond donors (Lipinski definition) is 1. The number of hydrazone groups is 1. The van der Waals surface area contributed by atoms with Gasteiger partial charge in [0.25, 0.3) is 5.91 Å². The van der Waals surface area contributed by atoms with Gasteiger partial charge >= 0.3 is 12.2 Å². The van der Waals surface area contributed by atoms with E-state index in [1.54, 1.807) is 13.2 Å². The number of methoxy groups -OCH3 is 2. The number of para-hydroxylation sites is 1. The molecule has 1 aliphatic rings. The number of carbonyl (C=O) groups excluding carboxylic acids is 2. The number of urea groups is 1. The summed E-state index contributed by atoms with van der Waals surface area (Å²) in [6.45, 7) is -0.136. The van der Waals surface area contributed by atoms with E-state index in [0.717, 1.165) is 35.5 Å². The second-order valence-electron chi connectivity index (χ2n) is 9.17. The van der Waals surface area contributed by atoms with Crippen molar-refractivity contribution in [2.24, 2.45) is 12.1 Å². The maximum absolute atomic E-state index is 13.7. The number of rotatable bonds is 9. The number of benzene rings is 2. The first-order chi connectivity index (χ1) is 19.1. The average molecular weight is 558 g/mol. The van der Waals surface area contributed by atoms with Crippen LogP contribution >= 0.6 is 0 Å². The van der Waals surface area contributed by atoms with Gasteiger partial charge in [0, 0.05) is 44.6 Å². The van der Waals surface area contributed by atoms with Crippen molar-refractivity contribution in [3.63, 3.8) is 0 Å². The molecule has 0 saturated carbocycles.